The third-order valence-electron chi connectivity index (χ3n) is 4.03. The van der Waals surface area contributed by atoms with E-state index in [0.717, 1.165) is 18.9 Å². The third-order valence-corrected chi connectivity index (χ3v) is 10.2. The fourth-order valence-electron chi connectivity index (χ4n) is 2.98. The molecule has 0 aromatic heterocycles. The summed E-state index contributed by atoms with van der Waals surface area (Å²) in [5, 5.41) is 5.78. The van der Waals surface area contributed by atoms with Gasteiger partial charge < -0.3 is 32.8 Å². The van der Waals surface area contributed by atoms with E-state index in [0.29, 0.717) is 52.2 Å². The highest BCUT2D eigenvalue weighted by molar-refractivity contribution is 6.66. The highest BCUT2D eigenvalue weighted by Crippen LogP contribution is 2.18. The Morgan fingerprint density at radius 2 is 1.07 bits per heavy atom. The molecular formula is C18H42N2O6Si2. The summed E-state index contributed by atoms with van der Waals surface area (Å²) in [5.41, 5.74) is 0. The van der Waals surface area contributed by atoms with Gasteiger partial charge in [0, 0.05) is 52.2 Å². The molecule has 0 aliphatic rings. The highest BCUT2D eigenvalue weighted by atomic mass is 28.4. The van der Waals surface area contributed by atoms with Crippen LogP contribution < -0.4 is 10.6 Å². The zero-order valence-electron chi connectivity index (χ0n) is 18.7. The quantitative estimate of drug-likeness (QED) is 0.252. The van der Waals surface area contributed by atoms with Crippen molar-refractivity contribution < 1.29 is 26.9 Å². The monoisotopic (exact) mass is 438 g/mol. The standard InChI is InChI=1S/C18H42N2O6Si2/c1-7-22-27(6,23-8-2)16-12-14-19-18(21)20-15-13-17-28(24-9-3,25-10-4)26-11-5/h7-17H2,1-6H3,(H2,19,20,21). The van der Waals surface area contributed by atoms with Crippen molar-refractivity contribution in [3.63, 3.8) is 0 Å². The second-order valence-corrected chi connectivity index (χ2v) is 12.4. The molecule has 0 aliphatic heterocycles. The SMILES string of the molecule is CCO[Si](C)(CCCNC(=O)NCCC[Si](OCC)(OCC)OCC)OCC. The van der Waals surface area contributed by atoms with Crippen molar-refractivity contribution in [3.05, 3.63) is 0 Å². The minimum absolute atomic E-state index is 0.160. The van der Waals surface area contributed by atoms with Crippen LogP contribution in [0, 0.1) is 0 Å². The van der Waals surface area contributed by atoms with E-state index in [1.165, 1.54) is 0 Å². The average molecular weight is 439 g/mol. The number of hydrogen-bond donors (Lipinski definition) is 2. The molecule has 168 valence electrons. The van der Waals surface area contributed by atoms with Gasteiger partial charge in [-0.1, -0.05) is 0 Å². The molecule has 0 heterocycles. The molecule has 0 aliphatic carbocycles. The van der Waals surface area contributed by atoms with E-state index in [2.05, 4.69) is 17.2 Å². The zero-order chi connectivity index (χ0) is 21.3. The molecular weight excluding hydrogens is 396 g/mol. The Morgan fingerprint density at radius 3 is 1.46 bits per heavy atom. The van der Waals surface area contributed by atoms with E-state index in [9.17, 15) is 4.79 Å². The minimum Gasteiger partial charge on any atom is -0.395 e. The van der Waals surface area contributed by atoms with Crippen LogP contribution >= 0.6 is 0 Å². The van der Waals surface area contributed by atoms with Gasteiger partial charge >= 0.3 is 23.4 Å². The second kappa shape index (κ2) is 16.3. The van der Waals surface area contributed by atoms with E-state index < -0.39 is 17.4 Å². The Bertz CT molecular complexity index is 381. The maximum atomic E-state index is 12.0. The van der Waals surface area contributed by atoms with Crippen molar-refractivity contribution >= 4 is 23.4 Å². The largest absolute Gasteiger partial charge is 0.500 e. The second-order valence-electron chi connectivity index (χ2n) is 6.37. The first kappa shape index (κ1) is 27.5. The topological polar surface area (TPSA) is 87.3 Å². The average Bonchev–Trinajstić information content (AvgIpc) is 2.64. The predicted octanol–water partition coefficient (Wildman–Crippen LogP) is 3.26. The number of rotatable bonds is 18. The summed E-state index contributed by atoms with van der Waals surface area (Å²) in [6.07, 6.45) is 1.59. The molecule has 0 saturated heterocycles. The maximum Gasteiger partial charge on any atom is 0.500 e. The van der Waals surface area contributed by atoms with Gasteiger partial charge in [0.25, 0.3) is 0 Å². The van der Waals surface area contributed by atoms with E-state index in [-0.39, 0.29) is 6.03 Å². The Morgan fingerprint density at radius 1 is 0.679 bits per heavy atom. The van der Waals surface area contributed by atoms with Crippen LogP contribution in [0.5, 0.6) is 0 Å². The van der Waals surface area contributed by atoms with Gasteiger partial charge in [-0.05, 0) is 60.1 Å². The summed E-state index contributed by atoms with van der Waals surface area (Å²) >= 11 is 0. The summed E-state index contributed by atoms with van der Waals surface area (Å²) in [5.74, 6) is 0. The van der Waals surface area contributed by atoms with Crippen LogP contribution in [0.25, 0.3) is 0 Å². The maximum absolute atomic E-state index is 12.0. The molecule has 10 heteroatoms. The fraction of sp³-hybridized carbons (Fsp3) is 0.944. The van der Waals surface area contributed by atoms with Gasteiger partial charge in [0.05, 0.1) is 0 Å². The molecule has 0 radical (unpaired) electrons. The van der Waals surface area contributed by atoms with Crippen molar-refractivity contribution in [2.24, 2.45) is 0 Å². The van der Waals surface area contributed by atoms with Crippen LogP contribution in [-0.4, -0.2) is 69.5 Å². The first-order chi connectivity index (χ1) is 13.4. The smallest absolute Gasteiger partial charge is 0.395 e. The number of hydrogen-bond acceptors (Lipinski definition) is 6. The van der Waals surface area contributed by atoms with Crippen LogP contribution in [0.4, 0.5) is 4.79 Å². The zero-order valence-corrected chi connectivity index (χ0v) is 20.7. The lowest BCUT2D eigenvalue weighted by atomic mass is 10.4. The molecule has 0 saturated carbocycles. The number of urea groups is 1. The molecule has 0 aromatic carbocycles. The number of nitrogens with one attached hydrogen (secondary N) is 2. The lowest BCUT2D eigenvalue weighted by molar-refractivity contribution is 0.0708. The Kier molecular flexibility index (Phi) is 16.0. The van der Waals surface area contributed by atoms with Gasteiger partial charge in [-0.25, -0.2) is 4.79 Å². The molecule has 0 fully saturated rings. The van der Waals surface area contributed by atoms with Crippen LogP contribution in [0.1, 0.15) is 47.5 Å². The van der Waals surface area contributed by atoms with E-state index >= 15 is 0 Å². The number of carbonyl (C=O) groups excluding carboxylic acids is 1. The van der Waals surface area contributed by atoms with Crippen LogP contribution in [0.15, 0.2) is 0 Å². The van der Waals surface area contributed by atoms with Crippen molar-refractivity contribution in [2.75, 3.05) is 46.1 Å². The molecule has 2 amide bonds. The molecule has 8 nitrogen and oxygen atoms in total. The van der Waals surface area contributed by atoms with Gasteiger partial charge in [-0.3, -0.25) is 0 Å². The molecule has 0 spiro atoms. The molecule has 2 N–H and O–H groups in total. The van der Waals surface area contributed by atoms with E-state index in [4.69, 9.17) is 22.1 Å². The first-order valence-electron chi connectivity index (χ1n) is 10.6. The highest BCUT2D eigenvalue weighted by Gasteiger charge is 2.39. The van der Waals surface area contributed by atoms with Crippen molar-refractivity contribution in [1.29, 1.82) is 0 Å². The molecule has 0 atom stereocenters. The van der Waals surface area contributed by atoms with Gasteiger partial charge in [0.2, 0.25) is 0 Å². The van der Waals surface area contributed by atoms with Crippen molar-refractivity contribution in [3.8, 4) is 0 Å². The lowest BCUT2D eigenvalue weighted by Gasteiger charge is -2.28. The molecule has 0 bridgehead atoms. The normalized spacial score (nSPS) is 12.2. The Hall–Kier alpha value is -0.496. The van der Waals surface area contributed by atoms with Gasteiger partial charge in [-0.15, -0.1) is 0 Å². The first-order valence-corrected chi connectivity index (χ1v) is 15.1. The van der Waals surface area contributed by atoms with E-state index in [1.54, 1.807) is 0 Å². The Labute approximate surface area is 173 Å². The summed E-state index contributed by atoms with van der Waals surface area (Å²) in [4.78, 5) is 12.0. The van der Waals surface area contributed by atoms with Crippen LogP contribution in [-0.2, 0) is 22.1 Å². The number of carbonyl (C=O) groups is 1. The number of amides is 2. The molecule has 28 heavy (non-hydrogen) atoms. The summed E-state index contributed by atoms with van der Waals surface area (Å²) in [6.45, 7) is 16.0. The van der Waals surface area contributed by atoms with Crippen LogP contribution in [0.2, 0.25) is 18.6 Å². The van der Waals surface area contributed by atoms with Crippen molar-refractivity contribution in [1.82, 2.24) is 10.6 Å². The summed E-state index contributed by atoms with van der Waals surface area (Å²) < 4.78 is 29.1. The Balaban J connectivity index is 4.11. The van der Waals surface area contributed by atoms with Crippen molar-refractivity contribution in [2.45, 2.75) is 66.1 Å². The summed E-state index contributed by atoms with van der Waals surface area (Å²) in [6, 6.07) is 1.39. The lowest BCUT2D eigenvalue weighted by Crippen LogP contribution is -2.46. The predicted molar refractivity (Wildman–Crippen MR) is 116 cm³/mol. The molecule has 0 unspecified atom stereocenters. The van der Waals surface area contributed by atoms with Gasteiger partial charge in [0.1, 0.15) is 0 Å². The van der Waals surface area contributed by atoms with Gasteiger partial charge in [-0.2, -0.15) is 0 Å². The van der Waals surface area contributed by atoms with Gasteiger partial charge in [0.15, 0.2) is 0 Å². The van der Waals surface area contributed by atoms with Crippen LogP contribution in [0.3, 0.4) is 0 Å². The molecule has 0 aromatic rings. The summed E-state index contributed by atoms with van der Waals surface area (Å²) in [7, 11) is -4.74. The molecule has 0 rings (SSSR count). The third kappa shape index (κ3) is 12.1. The minimum atomic E-state index is -2.63. The fourth-order valence-corrected chi connectivity index (χ4v) is 8.00. The van der Waals surface area contributed by atoms with E-state index in [1.807, 2.05) is 34.6 Å².